The van der Waals surface area contributed by atoms with Crippen molar-refractivity contribution in [2.45, 2.75) is 0 Å². The molecule has 8 heavy (non-hydrogen) atoms. The summed E-state index contributed by atoms with van der Waals surface area (Å²) in [6.45, 7) is 0.456. The normalized spacial score (nSPS) is 25.0. The smallest absolute Gasteiger partial charge is 0.217 e. The summed E-state index contributed by atoms with van der Waals surface area (Å²) in [5, 5.41) is 0. The first kappa shape index (κ1) is 6.12. The summed E-state index contributed by atoms with van der Waals surface area (Å²) in [7, 11) is 0. The molecule has 1 rings (SSSR count). The molecule has 0 bridgehead atoms. The lowest BCUT2D eigenvalue weighted by Crippen LogP contribution is -1.95. The molecule has 0 spiro atoms. The average Bonchev–Trinajstić information content (AvgIpc) is 1.94. The first-order chi connectivity index (χ1) is 3.89. The van der Waals surface area contributed by atoms with Crippen LogP contribution in [0.15, 0.2) is 0 Å². The van der Waals surface area contributed by atoms with Gasteiger partial charge >= 0.3 is 11.4 Å². The number of rotatable bonds is 0. The summed E-state index contributed by atoms with van der Waals surface area (Å²) < 4.78 is 18.2. The van der Waals surface area contributed by atoms with Crippen LogP contribution >= 0.6 is 0 Å². The molecular formula is C2H4O5S. The average molecular weight is 140 g/mol. The molecule has 0 N–H and O–H groups in total. The predicted octanol–water partition coefficient (Wildman–Crippen LogP) is -0.525. The maximum atomic E-state index is 10.1. The molecule has 5 nitrogen and oxygen atoms in total. The second-order valence-corrected chi connectivity index (χ2v) is 1.66. The highest BCUT2D eigenvalue weighted by Crippen LogP contribution is 1.96. The molecule has 1 aliphatic rings. The Kier molecular flexibility index (Phi) is 2.37. The van der Waals surface area contributed by atoms with Crippen LogP contribution in [0.25, 0.3) is 0 Å². The zero-order valence-corrected chi connectivity index (χ0v) is 4.68. The Balaban J connectivity index is 2.27. The van der Waals surface area contributed by atoms with Crippen LogP contribution in [-0.4, -0.2) is 17.4 Å². The van der Waals surface area contributed by atoms with E-state index in [0.717, 1.165) is 0 Å². The Morgan fingerprint density at radius 3 is 2.12 bits per heavy atom. The topological polar surface area (TPSA) is 54.0 Å². The van der Waals surface area contributed by atoms with Crippen LogP contribution in [0, 0.1) is 0 Å². The molecular weight excluding hydrogens is 136 g/mol. The number of hydrogen-bond acceptors (Lipinski definition) is 5. The lowest BCUT2D eigenvalue weighted by molar-refractivity contribution is -0.202. The monoisotopic (exact) mass is 140 g/mol. The van der Waals surface area contributed by atoms with Gasteiger partial charge in [0.15, 0.2) is 0 Å². The maximum Gasteiger partial charge on any atom is 0.362 e. The molecule has 0 unspecified atom stereocenters. The summed E-state index contributed by atoms with van der Waals surface area (Å²) in [5.74, 6) is 0. The molecule has 0 amide bonds. The van der Waals surface area contributed by atoms with Crippen LogP contribution in [-0.2, 0) is 29.8 Å². The van der Waals surface area contributed by atoms with Crippen LogP contribution < -0.4 is 0 Å². The largest absolute Gasteiger partial charge is 0.362 e. The van der Waals surface area contributed by atoms with Crippen molar-refractivity contribution in [3.05, 3.63) is 0 Å². The summed E-state index contributed by atoms with van der Waals surface area (Å²) in [6, 6.07) is 0. The molecule has 1 fully saturated rings. The van der Waals surface area contributed by atoms with Crippen molar-refractivity contribution in [3.8, 4) is 0 Å². The SMILES string of the molecule is O=S1OOCCOO1. The molecule has 48 valence electrons. The van der Waals surface area contributed by atoms with Gasteiger partial charge in [0.05, 0.1) is 0 Å². The molecule has 0 saturated carbocycles. The quantitative estimate of drug-likeness (QED) is 0.423. The predicted molar refractivity (Wildman–Crippen MR) is 22.2 cm³/mol. The number of hydrogen-bond donors (Lipinski definition) is 0. The minimum absolute atomic E-state index is 0.228. The fraction of sp³-hybridized carbons (Fsp3) is 1.00. The molecule has 1 heterocycles. The van der Waals surface area contributed by atoms with Crippen molar-refractivity contribution < 1.29 is 22.7 Å². The van der Waals surface area contributed by atoms with Crippen molar-refractivity contribution in [1.82, 2.24) is 0 Å². The molecule has 0 aromatic rings. The van der Waals surface area contributed by atoms with Gasteiger partial charge in [-0.3, -0.25) is 0 Å². The van der Waals surface area contributed by atoms with Crippen LogP contribution in [0.5, 0.6) is 0 Å². The zero-order chi connectivity index (χ0) is 5.82. The minimum atomic E-state index is -1.90. The van der Waals surface area contributed by atoms with Gasteiger partial charge < -0.3 is 0 Å². The van der Waals surface area contributed by atoms with E-state index in [1.54, 1.807) is 0 Å². The van der Waals surface area contributed by atoms with Gasteiger partial charge in [-0.15, -0.1) is 8.67 Å². The van der Waals surface area contributed by atoms with Gasteiger partial charge in [0.1, 0.15) is 13.2 Å². The summed E-state index contributed by atoms with van der Waals surface area (Å²) in [4.78, 5) is 8.51. The Hall–Kier alpha value is -0.0100. The third kappa shape index (κ3) is 1.85. The van der Waals surface area contributed by atoms with E-state index in [1.165, 1.54) is 0 Å². The lowest BCUT2D eigenvalue weighted by atomic mass is 10.8. The van der Waals surface area contributed by atoms with E-state index in [4.69, 9.17) is 0 Å². The van der Waals surface area contributed by atoms with Crippen LogP contribution in [0.4, 0.5) is 0 Å². The second kappa shape index (κ2) is 3.10. The van der Waals surface area contributed by atoms with Crippen molar-refractivity contribution >= 4 is 11.4 Å². The molecule has 0 atom stereocenters. The highest BCUT2D eigenvalue weighted by molar-refractivity contribution is 7.74. The van der Waals surface area contributed by atoms with E-state index in [9.17, 15) is 4.21 Å². The van der Waals surface area contributed by atoms with E-state index in [-0.39, 0.29) is 13.2 Å². The van der Waals surface area contributed by atoms with Gasteiger partial charge in [-0.2, -0.15) is 4.21 Å². The van der Waals surface area contributed by atoms with Crippen molar-refractivity contribution in [2.75, 3.05) is 13.2 Å². The zero-order valence-electron chi connectivity index (χ0n) is 3.86. The highest BCUT2D eigenvalue weighted by Gasteiger charge is 2.07. The fourth-order valence-corrected chi connectivity index (χ4v) is 0.542. The van der Waals surface area contributed by atoms with E-state index in [2.05, 4.69) is 18.4 Å². The molecule has 0 aromatic heterocycles. The van der Waals surface area contributed by atoms with Gasteiger partial charge in [0.25, 0.3) is 0 Å². The fourth-order valence-electron chi connectivity index (χ4n) is 0.226. The highest BCUT2D eigenvalue weighted by atomic mass is 32.2. The molecule has 6 heteroatoms. The van der Waals surface area contributed by atoms with E-state index in [0.29, 0.717) is 0 Å². The van der Waals surface area contributed by atoms with Gasteiger partial charge in [-0.25, -0.2) is 9.78 Å². The van der Waals surface area contributed by atoms with Crippen molar-refractivity contribution in [3.63, 3.8) is 0 Å². The third-order valence-corrected chi connectivity index (χ3v) is 0.872. The summed E-state index contributed by atoms with van der Waals surface area (Å²) in [5.41, 5.74) is 0. The molecule has 0 aromatic carbocycles. The van der Waals surface area contributed by atoms with Crippen molar-refractivity contribution in [1.29, 1.82) is 0 Å². The molecule has 0 radical (unpaired) electrons. The van der Waals surface area contributed by atoms with E-state index < -0.39 is 11.4 Å². The van der Waals surface area contributed by atoms with E-state index >= 15 is 0 Å². The molecule has 0 aliphatic carbocycles. The molecule has 1 saturated heterocycles. The molecule has 1 aliphatic heterocycles. The standard InChI is InChI=1S/C2H4O5S/c3-8-6-4-1-2-5-7-8/h1-2H2. The Bertz CT molecular complexity index is 82.4. The van der Waals surface area contributed by atoms with Gasteiger partial charge in [0.2, 0.25) is 0 Å². The Morgan fingerprint density at radius 1 is 1.12 bits per heavy atom. The summed E-state index contributed by atoms with van der Waals surface area (Å²) >= 11 is -1.90. The maximum absolute atomic E-state index is 10.1. The van der Waals surface area contributed by atoms with Gasteiger partial charge in [-0.1, -0.05) is 0 Å². The van der Waals surface area contributed by atoms with Crippen molar-refractivity contribution in [2.24, 2.45) is 0 Å². The Labute approximate surface area is 48.2 Å². The van der Waals surface area contributed by atoms with Gasteiger partial charge in [-0.05, 0) is 0 Å². The van der Waals surface area contributed by atoms with Crippen LogP contribution in [0.1, 0.15) is 0 Å². The lowest BCUT2D eigenvalue weighted by Gasteiger charge is -1.88. The first-order valence-corrected chi connectivity index (χ1v) is 2.91. The first-order valence-electron chi connectivity index (χ1n) is 1.91. The Morgan fingerprint density at radius 2 is 1.62 bits per heavy atom. The van der Waals surface area contributed by atoms with E-state index in [1.807, 2.05) is 0 Å². The second-order valence-electron chi connectivity index (χ2n) is 0.984. The van der Waals surface area contributed by atoms with Crippen LogP contribution in [0.2, 0.25) is 0 Å². The van der Waals surface area contributed by atoms with Gasteiger partial charge in [0, 0.05) is 0 Å². The minimum Gasteiger partial charge on any atom is -0.217 e. The summed E-state index contributed by atoms with van der Waals surface area (Å²) in [6.07, 6.45) is 0. The third-order valence-electron chi connectivity index (χ3n) is 0.457. The van der Waals surface area contributed by atoms with Crippen LogP contribution in [0.3, 0.4) is 0 Å².